The molecule has 0 N–H and O–H groups in total. The second kappa shape index (κ2) is 6.96. The molecule has 0 saturated carbocycles. The normalized spacial score (nSPS) is 11.2. The molecule has 0 fully saturated rings. The molecule has 0 aromatic carbocycles. The molecule has 4 rings (SSSR count). The largest absolute Gasteiger partial charge is 0.144 e. The average molecular weight is 387 g/mol. The second-order valence-corrected chi connectivity index (χ2v) is 9.24. The maximum atomic E-state index is 2.35. The lowest BCUT2D eigenvalue weighted by molar-refractivity contribution is 1.06. The highest BCUT2D eigenvalue weighted by atomic mass is 32.1. The van der Waals surface area contributed by atoms with Gasteiger partial charge < -0.3 is 0 Å². The smallest absolute Gasteiger partial charge is 0.0532 e. The van der Waals surface area contributed by atoms with E-state index in [1.54, 1.807) is 5.56 Å². The highest BCUT2D eigenvalue weighted by Gasteiger charge is 2.19. The molecule has 0 bridgehead atoms. The SMILES string of the molecule is CCc1csc(-c2sccc2-c2sccc2-c2cccs2)c1CC. The van der Waals surface area contributed by atoms with E-state index in [4.69, 9.17) is 0 Å². The van der Waals surface area contributed by atoms with Gasteiger partial charge >= 0.3 is 0 Å². The molecule has 24 heavy (non-hydrogen) atoms. The Morgan fingerprint density at radius 3 is 2.21 bits per heavy atom. The molecule has 4 heterocycles. The first-order chi connectivity index (χ1) is 11.8. The summed E-state index contributed by atoms with van der Waals surface area (Å²) in [6.07, 6.45) is 2.24. The first-order valence-corrected chi connectivity index (χ1v) is 11.6. The number of hydrogen-bond acceptors (Lipinski definition) is 4. The third-order valence-electron chi connectivity index (χ3n) is 4.28. The van der Waals surface area contributed by atoms with Gasteiger partial charge in [-0.3, -0.25) is 0 Å². The number of rotatable bonds is 5. The third-order valence-corrected chi connectivity index (χ3v) is 8.28. The van der Waals surface area contributed by atoms with Gasteiger partial charge in [-0.05, 0) is 63.7 Å². The van der Waals surface area contributed by atoms with Gasteiger partial charge in [0, 0.05) is 25.8 Å². The predicted molar refractivity (Wildman–Crippen MR) is 113 cm³/mol. The van der Waals surface area contributed by atoms with E-state index in [9.17, 15) is 0 Å². The van der Waals surface area contributed by atoms with E-state index in [1.807, 2.05) is 45.3 Å². The zero-order chi connectivity index (χ0) is 16.5. The lowest BCUT2D eigenvalue weighted by Gasteiger charge is -2.07. The summed E-state index contributed by atoms with van der Waals surface area (Å²) in [5.41, 5.74) is 5.83. The fourth-order valence-corrected chi connectivity index (χ4v) is 7.29. The maximum absolute atomic E-state index is 2.35. The average Bonchev–Trinajstić information content (AvgIpc) is 3.39. The van der Waals surface area contributed by atoms with Crippen LogP contribution in [-0.2, 0) is 12.8 Å². The van der Waals surface area contributed by atoms with Crippen molar-refractivity contribution in [2.75, 3.05) is 0 Å². The van der Waals surface area contributed by atoms with Crippen LogP contribution in [0.15, 0.2) is 45.8 Å². The number of thiophene rings is 4. The number of aryl methyl sites for hydroxylation is 1. The van der Waals surface area contributed by atoms with Gasteiger partial charge in [0.25, 0.3) is 0 Å². The Morgan fingerprint density at radius 1 is 0.708 bits per heavy atom. The molecule has 0 aliphatic rings. The van der Waals surface area contributed by atoms with Gasteiger partial charge in [-0.2, -0.15) is 0 Å². The predicted octanol–water partition coefficient (Wildman–Crippen LogP) is 8.06. The summed E-state index contributed by atoms with van der Waals surface area (Å²) in [4.78, 5) is 5.68. The van der Waals surface area contributed by atoms with Crippen LogP contribution in [0.1, 0.15) is 25.0 Å². The van der Waals surface area contributed by atoms with Gasteiger partial charge in [0.15, 0.2) is 0 Å². The van der Waals surface area contributed by atoms with Crippen molar-refractivity contribution in [3.05, 3.63) is 56.9 Å². The Hall–Kier alpha value is -1.20. The Morgan fingerprint density at radius 2 is 1.50 bits per heavy atom. The standard InChI is InChI=1S/C20H18S4/c1-3-13-12-24-19(14(13)4-2)20-16(8-11-23-20)18-15(7-10-22-18)17-6-5-9-21-17/h5-12H,3-4H2,1-2H3. The highest BCUT2D eigenvalue weighted by molar-refractivity contribution is 7.22. The van der Waals surface area contributed by atoms with Crippen molar-refractivity contribution in [1.82, 2.24) is 0 Å². The molecule has 0 saturated heterocycles. The van der Waals surface area contributed by atoms with Crippen LogP contribution in [0.3, 0.4) is 0 Å². The minimum absolute atomic E-state index is 1.11. The fraction of sp³-hybridized carbons (Fsp3) is 0.200. The first-order valence-electron chi connectivity index (χ1n) is 8.12. The van der Waals surface area contributed by atoms with Crippen LogP contribution >= 0.6 is 45.3 Å². The molecule has 122 valence electrons. The number of hydrogen-bond donors (Lipinski definition) is 0. The molecule has 0 amide bonds. The van der Waals surface area contributed by atoms with Gasteiger partial charge in [0.05, 0.1) is 4.88 Å². The zero-order valence-electron chi connectivity index (χ0n) is 13.7. The Labute approximate surface area is 159 Å². The molecule has 0 radical (unpaired) electrons. The van der Waals surface area contributed by atoms with Gasteiger partial charge in [-0.25, -0.2) is 0 Å². The summed E-state index contributed by atoms with van der Waals surface area (Å²) in [5.74, 6) is 0. The molecule has 0 unspecified atom stereocenters. The van der Waals surface area contributed by atoms with E-state index in [1.165, 1.54) is 36.2 Å². The van der Waals surface area contributed by atoms with E-state index < -0.39 is 0 Å². The topological polar surface area (TPSA) is 0 Å². The molecule has 0 aliphatic heterocycles. The second-order valence-electron chi connectivity index (χ2n) is 5.58. The Bertz CT molecular complexity index is 934. The van der Waals surface area contributed by atoms with Crippen molar-refractivity contribution in [3.63, 3.8) is 0 Å². The minimum atomic E-state index is 1.11. The molecule has 4 heteroatoms. The monoisotopic (exact) mass is 386 g/mol. The highest BCUT2D eigenvalue weighted by Crippen LogP contribution is 2.47. The van der Waals surface area contributed by atoms with E-state index in [-0.39, 0.29) is 0 Å². The molecule has 4 aromatic rings. The Balaban J connectivity index is 1.86. The van der Waals surface area contributed by atoms with Crippen molar-refractivity contribution in [1.29, 1.82) is 0 Å². The lowest BCUT2D eigenvalue weighted by Crippen LogP contribution is -1.87. The van der Waals surface area contributed by atoms with Gasteiger partial charge in [0.1, 0.15) is 0 Å². The Kier molecular flexibility index (Phi) is 4.72. The van der Waals surface area contributed by atoms with Crippen molar-refractivity contribution in [3.8, 4) is 30.6 Å². The van der Waals surface area contributed by atoms with Gasteiger partial charge in [-0.1, -0.05) is 19.9 Å². The first kappa shape index (κ1) is 16.3. The zero-order valence-corrected chi connectivity index (χ0v) is 16.9. The van der Waals surface area contributed by atoms with E-state index >= 15 is 0 Å². The van der Waals surface area contributed by atoms with Crippen LogP contribution in [0.4, 0.5) is 0 Å². The maximum Gasteiger partial charge on any atom is 0.0532 e. The molecular formula is C20H18S4. The van der Waals surface area contributed by atoms with E-state index in [2.05, 4.69) is 59.6 Å². The van der Waals surface area contributed by atoms with Crippen LogP contribution in [0.25, 0.3) is 30.6 Å². The van der Waals surface area contributed by atoms with Crippen molar-refractivity contribution in [2.24, 2.45) is 0 Å². The summed E-state index contributed by atoms with van der Waals surface area (Å²) >= 11 is 7.48. The van der Waals surface area contributed by atoms with Crippen LogP contribution in [0.2, 0.25) is 0 Å². The van der Waals surface area contributed by atoms with Gasteiger partial charge in [-0.15, -0.1) is 45.3 Å². The van der Waals surface area contributed by atoms with Crippen molar-refractivity contribution >= 4 is 45.3 Å². The summed E-state index contributed by atoms with van der Waals surface area (Å²) in [7, 11) is 0. The third kappa shape index (κ3) is 2.72. The molecular weight excluding hydrogens is 368 g/mol. The lowest BCUT2D eigenvalue weighted by atomic mass is 10.0. The van der Waals surface area contributed by atoms with Crippen molar-refractivity contribution in [2.45, 2.75) is 26.7 Å². The molecule has 0 aliphatic carbocycles. The minimum Gasteiger partial charge on any atom is -0.144 e. The molecule has 0 nitrogen and oxygen atoms in total. The summed E-state index contributed by atoms with van der Waals surface area (Å²) in [6, 6.07) is 8.92. The summed E-state index contributed by atoms with van der Waals surface area (Å²) in [6.45, 7) is 4.54. The summed E-state index contributed by atoms with van der Waals surface area (Å²) in [5, 5.41) is 8.98. The van der Waals surface area contributed by atoms with Crippen LogP contribution in [-0.4, -0.2) is 0 Å². The van der Waals surface area contributed by atoms with Crippen LogP contribution < -0.4 is 0 Å². The van der Waals surface area contributed by atoms with E-state index in [0.717, 1.165) is 12.8 Å². The van der Waals surface area contributed by atoms with Crippen LogP contribution in [0, 0.1) is 0 Å². The fourth-order valence-electron chi connectivity index (χ4n) is 3.10. The quantitative estimate of drug-likeness (QED) is 0.325. The molecule has 0 spiro atoms. The summed E-state index contributed by atoms with van der Waals surface area (Å²) < 4.78 is 0. The molecule has 4 aromatic heterocycles. The van der Waals surface area contributed by atoms with Crippen molar-refractivity contribution < 1.29 is 0 Å². The van der Waals surface area contributed by atoms with E-state index in [0.29, 0.717) is 0 Å². The molecule has 0 atom stereocenters. The van der Waals surface area contributed by atoms with Gasteiger partial charge in [0.2, 0.25) is 0 Å². The van der Waals surface area contributed by atoms with Crippen LogP contribution in [0.5, 0.6) is 0 Å².